The number of aliphatic hydroxyl groups is 1. The number of fused-ring (bicyclic) bond motifs is 9. The Hall–Kier alpha value is -2.52. The summed E-state index contributed by atoms with van der Waals surface area (Å²) in [7, 11) is 0. The number of aromatic amines is 1. The lowest BCUT2D eigenvalue weighted by atomic mass is 9.41. The predicted octanol–water partition coefficient (Wildman–Crippen LogP) is 3.88. The van der Waals surface area contributed by atoms with E-state index in [4.69, 9.17) is 18.9 Å². The SMILES string of the molecule is CC(=O)OCCO[C@H]1CC2Cc3c([nH]c4ccccc34)[C@]2(C)C2(C)CCC34OC(C(=O)C=C3[C@]12O)C(C)(C)O4. The van der Waals surface area contributed by atoms with E-state index in [2.05, 4.69) is 37.0 Å². The van der Waals surface area contributed by atoms with E-state index in [0.29, 0.717) is 24.8 Å². The first kappa shape index (κ1) is 25.4. The summed E-state index contributed by atoms with van der Waals surface area (Å²) in [6.07, 6.45) is 2.83. The molecule has 2 aromatic rings. The third-order valence-electron chi connectivity index (χ3n) is 10.9. The summed E-state index contributed by atoms with van der Waals surface area (Å²) in [6.45, 7) is 9.76. The first-order chi connectivity index (χ1) is 18.4. The smallest absolute Gasteiger partial charge is 0.302 e. The maximum absolute atomic E-state index is 13.4. The molecule has 0 amide bonds. The van der Waals surface area contributed by atoms with Crippen LogP contribution in [0.5, 0.6) is 0 Å². The van der Waals surface area contributed by atoms with Gasteiger partial charge in [-0.25, -0.2) is 0 Å². The Bertz CT molecular complexity index is 1440. The summed E-state index contributed by atoms with van der Waals surface area (Å²) in [5.41, 5.74) is 0.505. The van der Waals surface area contributed by atoms with Gasteiger partial charge < -0.3 is 29.0 Å². The van der Waals surface area contributed by atoms with Gasteiger partial charge in [-0.15, -0.1) is 0 Å². The number of hydrogen-bond acceptors (Lipinski definition) is 7. The second-order valence-corrected chi connectivity index (χ2v) is 13.1. The first-order valence-electron chi connectivity index (χ1n) is 14.1. The van der Waals surface area contributed by atoms with E-state index in [9.17, 15) is 14.7 Å². The van der Waals surface area contributed by atoms with Crippen LogP contribution in [0.4, 0.5) is 0 Å². The molecule has 8 heteroatoms. The van der Waals surface area contributed by atoms with Gasteiger partial charge in [-0.2, -0.15) is 0 Å². The van der Waals surface area contributed by atoms with Gasteiger partial charge in [0.25, 0.3) is 0 Å². The highest BCUT2D eigenvalue weighted by atomic mass is 16.8. The Morgan fingerprint density at radius 3 is 2.69 bits per heavy atom. The second kappa shape index (κ2) is 7.81. The molecule has 7 rings (SSSR count). The zero-order valence-electron chi connectivity index (χ0n) is 23.3. The van der Waals surface area contributed by atoms with E-state index >= 15 is 0 Å². The number of esters is 1. The van der Waals surface area contributed by atoms with Crippen molar-refractivity contribution in [2.45, 2.75) is 94.9 Å². The lowest BCUT2D eigenvalue weighted by molar-refractivity contribution is -0.281. The van der Waals surface area contributed by atoms with Crippen LogP contribution >= 0.6 is 0 Å². The van der Waals surface area contributed by atoms with Crippen LogP contribution < -0.4 is 0 Å². The van der Waals surface area contributed by atoms with Crippen molar-refractivity contribution in [3.8, 4) is 0 Å². The van der Waals surface area contributed by atoms with E-state index < -0.39 is 40.0 Å². The van der Waals surface area contributed by atoms with Crippen LogP contribution in [0.15, 0.2) is 35.9 Å². The van der Waals surface area contributed by atoms with Gasteiger partial charge in [-0.3, -0.25) is 9.59 Å². The quantitative estimate of drug-likeness (QED) is 0.452. The molecule has 5 aliphatic rings. The molecule has 1 saturated heterocycles. The normalized spacial score (nSPS) is 41.4. The molecule has 8 nitrogen and oxygen atoms in total. The fraction of sp³-hybridized carbons (Fsp3) is 0.613. The van der Waals surface area contributed by atoms with Crippen LogP contribution in [0.25, 0.3) is 10.9 Å². The molecule has 4 unspecified atom stereocenters. The third kappa shape index (κ3) is 2.98. The number of nitrogens with one attached hydrogen (secondary N) is 1. The van der Waals surface area contributed by atoms with Gasteiger partial charge in [0.05, 0.1) is 12.7 Å². The molecule has 1 spiro atoms. The van der Waals surface area contributed by atoms with Crippen molar-refractivity contribution < 1.29 is 33.6 Å². The number of hydrogen-bond donors (Lipinski definition) is 2. The minimum atomic E-state index is -1.56. The van der Waals surface area contributed by atoms with Gasteiger partial charge in [0.15, 0.2) is 17.7 Å². The minimum absolute atomic E-state index is 0.0927. The van der Waals surface area contributed by atoms with E-state index in [0.717, 1.165) is 17.6 Å². The number of H-pyrrole nitrogens is 1. The van der Waals surface area contributed by atoms with Crippen molar-refractivity contribution in [1.29, 1.82) is 0 Å². The minimum Gasteiger partial charge on any atom is -0.463 e. The number of ether oxygens (including phenoxy) is 4. The van der Waals surface area contributed by atoms with Crippen LogP contribution in [0.1, 0.15) is 65.1 Å². The summed E-state index contributed by atoms with van der Waals surface area (Å²) in [6, 6.07) is 8.36. The Balaban J connectivity index is 1.39. The summed E-state index contributed by atoms with van der Waals surface area (Å²) < 4.78 is 24.5. The van der Waals surface area contributed by atoms with Crippen LogP contribution in [-0.4, -0.2) is 64.3 Å². The molecular formula is C31H37NO7. The Morgan fingerprint density at radius 2 is 1.92 bits per heavy atom. The fourth-order valence-corrected chi connectivity index (χ4v) is 8.96. The molecule has 3 fully saturated rings. The van der Waals surface area contributed by atoms with E-state index in [-0.39, 0.29) is 30.9 Å². The lowest BCUT2D eigenvalue weighted by Crippen LogP contribution is -2.74. The number of carbonyl (C=O) groups is 2. The van der Waals surface area contributed by atoms with Crippen molar-refractivity contribution >= 4 is 22.7 Å². The monoisotopic (exact) mass is 535 g/mol. The molecule has 1 aromatic heterocycles. The van der Waals surface area contributed by atoms with Crippen molar-refractivity contribution in [2.24, 2.45) is 11.3 Å². The number of benzene rings is 1. The van der Waals surface area contributed by atoms with Gasteiger partial charge in [0.1, 0.15) is 17.8 Å². The standard InChI is InChI=1S/C31H37NO7/c1-17(33)36-12-13-37-24-15-18-14-20-19-8-6-7-9-21(19)32-25(20)29(18,5)28(4)10-11-30-23(31(24,28)35)16-22(34)26(38-30)27(2,3)39-30/h6-9,16,18,24,26,32,35H,10-15H2,1-5H3/t18?,24-,26?,28?,29+,30?,31-/m0/s1. The molecule has 7 atom stereocenters. The van der Waals surface area contributed by atoms with Gasteiger partial charge in [-0.05, 0) is 56.7 Å². The van der Waals surface area contributed by atoms with E-state index in [1.54, 1.807) is 6.08 Å². The predicted molar refractivity (Wildman–Crippen MR) is 142 cm³/mol. The largest absolute Gasteiger partial charge is 0.463 e. The summed E-state index contributed by atoms with van der Waals surface area (Å²) >= 11 is 0. The number of ketones is 1. The molecule has 39 heavy (non-hydrogen) atoms. The van der Waals surface area contributed by atoms with Crippen molar-refractivity contribution in [3.05, 3.63) is 47.2 Å². The number of aromatic nitrogens is 1. The molecule has 1 aromatic carbocycles. The topological polar surface area (TPSA) is 107 Å². The number of para-hydroxylation sites is 1. The zero-order chi connectivity index (χ0) is 27.6. The highest BCUT2D eigenvalue weighted by Crippen LogP contribution is 2.72. The molecular weight excluding hydrogens is 498 g/mol. The third-order valence-corrected chi connectivity index (χ3v) is 10.9. The number of rotatable bonds is 4. The van der Waals surface area contributed by atoms with Crippen LogP contribution in [-0.2, 0) is 40.4 Å². The highest BCUT2D eigenvalue weighted by Gasteiger charge is 2.78. The average Bonchev–Trinajstić information content (AvgIpc) is 3.46. The average molecular weight is 536 g/mol. The van der Waals surface area contributed by atoms with Crippen LogP contribution in [0, 0.1) is 11.3 Å². The highest BCUT2D eigenvalue weighted by molar-refractivity contribution is 5.97. The summed E-state index contributed by atoms with van der Waals surface area (Å²) in [5, 5.41) is 14.4. The maximum Gasteiger partial charge on any atom is 0.302 e. The second-order valence-electron chi connectivity index (χ2n) is 13.1. The summed E-state index contributed by atoms with van der Waals surface area (Å²) in [5.74, 6) is -1.54. The van der Waals surface area contributed by atoms with Crippen molar-refractivity contribution in [1.82, 2.24) is 4.98 Å². The van der Waals surface area contributed by atoms with Gasteiger partial charge >= 0.3 is 5.97 Å². The van der Waals surface area contributed by atoms with Crippen LogP contribution in [0.2, 0.25) is 0 Å². The van der Waals surface area contributed by atoms with Gasteiger partial charge in [0, 0.05) is 46.3 Å². The van der Waals surface area contributed by atoms with Gasteiger partial charge in [-0.1, -0.05) is 32.0 Å². The maximum atomic E-state index is 13.4. The van der Waals surface area contributed by atoms with Gasteiger partial charge in [0.2, 0.25) is 0 Å². The molecule has 2 N–H and O–H groups in total. The van der Waals surface area contributed by atoms with E-state index in [1.165, 1.54) is 17.9 Å². The number of carbonyl (C=O) groups excluding carboxylic acids is 2. The molecule has 2 aliphatic heterocycles. The molecule has 3 aliphatic carbocycles. The lowest BCUT2D eigenvalue weighted by Gasteiger charge is -2.67. The summed E-state index contributed by atoms with van der Waals surface area (Å²) in [4.78, 5) is 28.5. The molecule has 208 valence electrons. The Labute approximate surface area is 228 Å². The Morgan fingerprint density at radius 1 is 1.15 bits per heavy atom. The Kier molecular flexibility index (Phi) is 5.10. The molecule has 0 radical (unpaired) electrons. The first-order valence-corrected chi connectivity index (χ1v) is 14.1. The van der Waals surface area contributed by atoms with Crippen LogP contribution in [0.3, 0.4) is 0 Å². The van der Waals surface area contributed by atoms with Crippen molar-refractivity contribution in [3.63, 3.8) is 0 Å². The van der Waals surface area contributed by atoms with Crippen molar-refractivity contribution in [2.75, 3.05) is 13.2 Å². The molecule has 3 heterocycles. The molecule has 2 bridgehead atoms. The van der Waals surface area contributed by atoms with E-state index in [1.807, 2.05) is 19.9 Å². The zero-order valence-corrected chi connectivity index (χ0v) is 23.3. The molecule has 2 saturated carbocycles. The fourth-order valence-electron chi connectivity index (χ4n) is 8.96.